The van der Waals surface area contributed by atoms with Gasteiger partial charge in [-0.1, -0.05) is 0 Å². The van der Waals surface area contributed by atoms with Crippen molar-refractivity contribution in [2.45, 2.75) is 28.9 Å². The summed E-state index contributed by atoms with van der Waals surface area (Å²) in [7, 11) is 0. The number of hydrogen-bond donors (Lipinski definition) is 0. The number of rotatable bonds is 5. The van der Waals surface area contributed by atoms with E-state index >= 15 is 0 Å². The minimum atomic E-state index is -0.643. The lowest BCUT2D eigenvalue weighted by Crippen LogP contribution is -2.00. The number of nitrogens with zero attached hydrogens (tertiary/aromatic N) is 5. The molecule has 2 heterocycles. The van der Waals surface area contributed by atoms with E-state index in [9.17, 15) is 14.5 Å². The molecule has 1 saturated carbocycles. The van der Waals surface area contributed by atoms with Gasteiger partial charge >= 0.3 is 0 Å². The highest BCUT2D eigenvalue weighted by Crippen LogP contribution is 2.43. The van der Waals surface area contributed by atoms with E-state index in [1.807, 2.05) is 16.7 Å². The summed E-state index contributed by atoms with van der Waals surface area (Å²) in [5.41, 5.74) is 0.556. The third kappa shape index (κ3) is 3.10. The fourth-order valence-corrected chi connectivity index (χ4v) is 3.50. The van der Waals surface area contributed by atoms with Gasteiger partial charge in [-0.25, -0.2) is 4.39 Å². The summed E-state index contributed by atoms with van der Waals surface area (Å²) in [6.45, 7) is 0. The average Bonchev–Trinajstić information content (AvgIpc) is 3.37. The molecule has 0 atom stereocenters. The Bertz CT molecular complexity index is 943. The first-order valence-electron chi connectivity index (χ1n) is 7.60. The second kappa shape index (κ2) is 6.25. The van der Waals surface area contributed by atoms with Crippen molar-refractivity contribution in [3.05, 3.63) is 58.7 Å². The fourth-order valence-electron chi connectivity index (χ4n) is 2.52. The van der Waals surface area contributed by atoms with Crippen molar-refractivity contribution in [1.29, 1.82) is 0 Å². The number of halogens is 1. The third-order valence-corrected chi connectivity index (χ3v) is 4.84. The maximum Gasteiger partial charge on any atom is 0.286 e. The number of aromatic nitrogens is 4. The number of pyridine rings is 1. The van der Waals surface area contributed by atoms with Crippen LogP contribution in [0.1, 0.15) is 18.9 Å². The van der Waals surface area contributed by atoms with Crippen LogP contribution in [0.4, 0.5) is 10.1 Å². The highest BCUT2D eigenvalue weighted by atomic mass is 32.2. The van der Waals surface area contributed by atoms with Crippen molar-refractivity contribution in [2.24, 2.45) is 0 Å². The van der Waals surface area contributed by atoms with Gasteiger partial charge in [0.1, 0.15) is 5.82 Å². The quantitative estimate of drug-likeness (QED) is 0.509. The Morgan fingerprint density at radius 3 is 2.80 bits per heavy atom. The van der Waals surface area contributed by atoms with Crippen LogP contribution < -0.4 is 0 Å². The molecule has 0 N–H and O–H groups in total. The molecule has 1 aliphatic carbocycles. The van der Waals surface area contributed by atoms with E-state index in [-0.39, 0.29) is 11.7 Å². The molecule has 0 aliphatic heterocycles. The molecule has 0 bridgehead atoms. The lowest BCUT2D eigenvalue weighted by Gasteiger charge is -2.08. The maximum absolute atomic E-state index is 13.3. The van der Waals surface area contributed by atoms with E-state index in [0.717, 1.165) is 36.2 Å². The lowest BCUT2D eigenvalue weighted by molar-refractivity contribution is -0.387. The monoisotopic (exact) mass is 357 g/mol. The zero-order valence-corrected chi connectivity index (χ0v) is 13.7. The Hall–Kier alpha value is -2.81. The summed E-state index contributed by atoms with van der Waals surface area (Å²) in [6.07, 6.45) is 5.39. The van der Waals surface area contributed by atoms with Crippen LogP contribution in [0.2, 0.25) is 0 Å². The Morgan fingerprint density at radius 2 is 2.12 bits per heavy atom. The highest BCUT2D eigenvalue weighted by Gasteiger charge is 2.31. The fraction of sp³-hybridized carbons (Fsp3) is 0.188. The lowest BCUT2D eigenvalue weighted by atomic mass is 10.3. The van der Waals surface area contributed by atoms with Crippen molar-refractivity contribution >= 4 is 17.4 Å². The van der Waals surface area contributed by atoms with Gasteiger partial charge in [0, 0.05) is 24.0 Å². The van der Waals surface area contributed by atoms with Crippen molar-refractivity contribution in [2.75, 3.05) is 0 Å². The molecule has 7 nitrogen and oxygen atoms in total. The van der Waals surface area contributed by atoms with Crippen LogP contribution in [0.25, 0.3) is 11.4 Å². The van der Waals surface area contributed by atoms with Crippen molar-refractivity contribution in [3.63, 3.8) is 0 Å². The molecule has 0 amide bonds. The summed E-state index contributed by atoms with van der Waals surface area (Å²) >= 11 is 1.12. The third-order valence-electron chi connectivity index (χ3n) is 3.82. The van der Waals surface area contributed by atoms with E-state index in [2.05, 4.69) is 15.2 Å². The molecule has 1 aliphatic rings. The van der Waals surface area contributed by atoms with Crippen LogP contribution in [-0.2, 0) is 0 Å². The second-order valence-electron chi connectivity index (χ2n) is 5.62. The van der Waals surface area contributed by atoms with Crippen molar-refractivity contribution in [1.82, 2.24) is 19.7 Å². The second-order valence-corrected chi connectivity index (χ2v) is 6.63. The van der Waals surface area contributed by atoms with Crippen LogP contribution in [0, 0.1) is 15.9 Å². The first-order valence-corrected chi connectivity index (χ1v) is 8.42. The summed E-state index contributed by atoms with van der Waals surface area (Å²) in [5.74, 6) is 0.0404. The Morgan fingerprint density at radius 1 is 1.28 bits per heavy atom. The zero-order valence-electron chi connectivity index (χ0n) is 12.9. The number of nitro benzene ring substituents is 1. The molecule has 2 aromatic heterocycles. The molecule has 1 fully saturated rings. The highest BCUT2D eigenvalue weighted by molar-refractivity contribution is 7.99. The standard InChI is InChI=1S/C16H12FN5O2S/c17-11-3-6-14(13(8-11)22(23)24)25-16-20-19-15(21(16)12-4-5-12)10-2-1-7-18-9-10/h1-3,6-9,12H,4-5H2. The van der Waals surface area contributed by atoms with Gasteiger partial charge in [-0.3, -0.25) is 19.7 Å². The van der Waals surface area contributed by atoms with Gasteiger partial charge in [0.2, 0.25) is 0 Å². The van der Waals surface area contributed by atoms with Gasteiger partial charge in [0.15, 0.2) is 11.0 Å². The van der Waals surface area contributed by atoms with Gasteiger partial charge in [-0.05, 0) is 48.9 Å². The van der Waals surface area contributed by atoms with E-state index in [1.54, 1.807) is 12.4 Å². The van der Waals surface area contributed by atoms with Gasteiger partial charge in [0.05, 0.1) is 15.9 Å². The molecule has 0 spiro atoms. The maximum atomic E-state index is 13.3. The molecule has 0 unspecified atom stereocenters. The normalized spacial score (nSPS) is 13.8. The van der Waals surface area contributed by atoms with Gasteiger partial charge in [0.25, 0.3) is 5.69 Å². The van der Waals surface area contributed by atoms with Gasteiger partial charge in [-0.15, -0.1) is 10.2 Å². The minimum Gasteiger partial charge on any atom is -0.299 e. The predicted molar refractivity (Wildman–Crippen MR) is 88.7 cm³/mol. The van der Waals surface area contributed by atoms with Crippen LogP contribution in [0.3, 0.4) is 0 Å². The minimum absolute atomic E-state index is 0.271. The average molecular weight is 357 g/mol. The summed E-state index contributed by atoms with van der Waals surface area (Å²) in [4.78, 5) is 15.0. The molecule has 3 aromatic rings. The van der Waals surface area contributed by atoms with Crippen LogP contribution >= 0.6 is 11.8 Å². The smallest absolute Gasteiger partial charge is 0.286 e. The Labute approximate surface area is 146 Å². The molecule has 126 valence electrons. The molecular formula is C16H12FN5O2S. The van der Waals surface area contributed by atoms with Gasteiger partial charge in [-0.2, -0.15) is 0 Å². The Kier molecular flexibility index (Phi) is 3.92. The predicted octanol–water partition coefficient (Wildman–Crippen LogP) is 3.87. The van der Waals surface area contributed by atoms with Crippen LogP contribution in [0.5, 0.6) is 0 Å². The molecule has 4 rings (SSSR count). The molecule has 1 aromatic carbocycles. The van der Waals surface area contributed by atoms with E-state index < -0.39 is 10.7 Å². The first-order chi connectivity index (χ1) is 12.1. The molecule has 25 heavy (non-hydrogen) atoms. The number of benzene rings is 1. The topological polar surface area (TPSA) is 86.7 Å². The van der Waals surface area contributed by atoms with E-state index in [4.69, 9.17) is 0 Å². The SMILES string of the molecule is O=[N+]([O-])c1cc(F)ccc1Sc1nnc(-c2cccnc2)n1C1CC1. The zero-order chi connectivity index (χ0) is 17.4. The van der Waals surface area contributed by atoms with E-state index in [0.29, 0.717) is 15.9 Å². The Balaban J connectivity index is 1.75. The van der Waals surface area contributed by atoms with E-state index in [1.165, 1.54) is 12.1 Å². The summed E-state index contributed by atoms with van der Waals surface area (Å²) in [5, 5.41) is 20.2. The summed E-state index contributed by atoms with van der Waals surface area (Å²) < 4.78 is 15.3. The molecule has 0 radical (unpaired) electrons. The molecule has 0 saturated heterocycles. The van der Waals surface area contributed by atoms with Crippen molar-refractivity contribution < 1.29 is 9.31 Å². The first kappa shape index (κ1) is 15.7. The van der Waals surface area contributed by atoms with Crippen molar-refractivity contribution in [3.8, 4) is 11.4 Å². The number of nitro groups is 1. The number of hydrogen-bond acceptors (Lipinski definition) is 6. The van der Waals surface area contributed by atoms with Crippen LogP contribution in [0.15, 0.2) is 52.8 Å². The summed E-state index contributed by atoms with van der Waals surface area (Å²) in [6, 6.07) is 7.50. The van der Waals surface area contributed by atoms with Gasteiger partial charge < -0.3 is 0 Å². The van der Waals surface area contributed by atoms with Crippen LogP contribution in [-0.4, -0.2) is 24.7 Å². The molecular weight excluding hydrogens is 345 g/mol. The molecule has 9 heteroatoms. The largest absolute Gasteiger partial charge is 0.299 e.